The van der Waals surface area contributed by atoms with Gasteiger partial charge in [0.15, 0.2) is 5.60 Å². The van der Waals surface area contributed by atoms with E-state index in [2.05, 4.69) is 16.0 Å². The molecule has 0 aromatic heterocycles. The van der Waals surface area contributed by atoms with E-state index in [4.69, 9.17) is 9.47 Å². The van der Waals surface area contributed by atoms with Crippen LogP contribution in [0.2, 0.25) is 0 Å². The number of amides is 5. The van der Waals surface area contributed by atoms with Gasteiger partial charge in [-0.3, -0.25) is 19.2 Å². The Balaban J connectivity index is 1.84. The van der Waals surface area contributed by atoms with Gasteiger partial charge in [0.05, 0.1) is 16.8 Å². The van der Waals surface area contributed by atoms with Gasteiger partial charge in [-0.1, -0.05) is 6.92 Å². The summed E-state index contributed by atoms with van der Waals surface area (Å²) in [5.74, 6) is -2.53. The SMILES string of the molecule is CCC(=O)NCCN1C(=O)C(C)(C)Oc2cc(C(F)(F)F)c(C(=O)N[C@@H]3CCCN(C(=O)[C@H](C)NC(=O)OC(C)(C)C)C3)cc21. The lowest BCUT2D eigenvalue weighted by Gasteiger charge is -2.39. The lowest BCUT2D eigenvalue weighted by molar-refractivity contribution is -0.138. The summed E-state index contributed by atoms with van der Waals surface area (Å²) in [6, 6.07) is 0.0531. The first kappa shape index (κ1) is 35.4. The summed E-state index contributed by atoms with van der Waals surface area (Å²) in [6.07, 6.45) is -4.64. The molecule has 45 heavy (non-hydrogen) atoms. The predicted molar refractivity (Wildman–Crippen MR) is 158 cm³/mol. The van der Waals surface area contributed by atoms with Crippen LogP contribution in [0, 0.1) is 0 Å². The van der Waals surface area contributed by atoms with Crippen LogP contribution >= 0.6 is 0 Å². The largest absolute Gasteiger partial charge is 0.476 e. The van der Waals surface area contributed by atoms with Gasteiger partial charge in [-0.25, -0.2) is 4.79 Å². The smallest absolute Gasteiger partial charge is 0.417 e. The number of fused-ring (bicyclic) bond motifs is 1. The normalized spacial score (nSPS) is 18.7. The molecule has 0 spiro atoms. The number of nitrogens with zero attached hydrogens (tertiary/aromatic N) is 2. The van der Waals surface area contributed by atoms with Gasteiger partial charge in [0.2, 0.25) is 11.8 Å². The molecule has 250 valence electrons. The van der Waals surface area contributed by atoms with Crippen molar-refractivity contribution < 1.29 is 46.6 Å². The number of nitrogens with one attached hydrogen (secondary N) is 3. The second-order valence-electron chi connectivity index (χ2n) is 12.6. The van der Waals surface area contributed by atoms with Gasteiger partial charge in [0.25, 0.3) is 11.8 Å². The van der Waals surface area contributed by atoms with Crippen LogP contribution < -0.4 is 25.6 Å². The zero-order valence-electron chi connectivity index (χ0n) is 26.6. The van der Waals surface area contributed by atoms with E-state index in [9.17, 15) is 37.1 Å². The van der Waals surface area contributed by atoms with Crippen molar-refractivity contribution in [3.63, 3.8) is 0 Å². The van der Waals surface area contributed by atoms with Crippen molar-refractivity contribution in [2.45, 2.75) is 97.2 Å². The number of hydrogen-bond acceptors (Lipinski definition) is 7. The maximum atomic E-state index is 14.3. The Hall–Kier alpha value is -4.04. The molecule has 3 N–H and O–H groups in total. The first-order valence-electron chi connectivity index (χ1n) is 14.9. The number of piperidine rings is 1. The second kappa shape index (κ2) is 13.5. The number of alkyl halides is 3. The molecule has 1 aromatic carbocycles. The number of carbonyl (C=O) groups excluding carboxylic acids is 5. The van der Waals surface area contributed by atoms with Gasteiger partial charge < -0.3 is 35.2 Å². The quantitative estimate of drug-likeness (QED) is 0.395. The third-order valence-electron chi connectivity index (χ3n) is 7.22. The minimum atomic E-state index is -4.94. The van der Waals surface area contributed by atoms with Crippen LogP contribution in [-0.2, 0) is 25.3 Å². The summed E-state index contributed by atoms with van der Waals surface area (Å²) in [5.41, 5.74) is -4.27. The van der Waals surface area contributed by atoms with Crippen molar-refractivity contribution in [3.05, 3.63) is 23.3 Å². The standard InChI is InChI=1S/C30H42F3N5O7/c1-8-23(39)34-11-13-38-21-14-19(20(30(31,32)33)15-22(21)44-29(6,7)26(38)42)24(40)36-18-10-9-12-37(16-18)25(41)17(2)35-27(43)45-28(3,4)5/h14-15,17-18H,8-13,16H2,1-7H3,(H,34,39)(H,35,43)(H,36,40)/t17-,18+/m0/s1. The average molecular weight is 642 g/mol. The highest BCUT2D eigenvalue weighted by Crippen LogP contribution is 2.44. The molecular weight excluding hydrogens is 599 g/mol. The number of halogens is 3. The van der Waals surface area contributed by atoms with Crippen LogP contribution in [0.25, 0.3) is 0 Å². The topological polar surface area (TPSA) is 146 Å². The molecule has 0 unspecified atom stereocenters. The monoisotopic (exact) mass is 641 g/mol. The molecule has 12 nitrogen and oxygen atoms in total. The number of rotatable bonds is 8. The molecule has 2 atom stereocenters. The number of carbonyl (C=O) groups is 5. The lowest BCUT2D eigenvalue weighted by atomic mass is 9.98. The van der Waals surface area contributed by atoms with E-state index in [1.165, 1.54) is 30.6 Å². The molecule has 15 heteroatoms. The zero-order valence-corrected chi connectivity index (χ0v) is 26.6. The molecule has 1 saturated heterocycles. The highest BCUT2D eigenvalue weighted by Gasteiger charge is 2.44. The molecule has 0 bridgehead atoms. The van der Waals surface area contributed by atoms with Gasteiger partial charge in [0, 0.05) is 38.6 Å². The van der Waals surface area contributed by atoms with E-state index in [1.54, 1.807) is 27.7 Å². The zero-order chi connectivity index (χ0) is 33.9. The molecule has 2 aliphatic heterocycles. The van der Waals surface area contributed by atoms with E-state index >= 15 is 0 Å². The van der Waals surface area contributed by atoms with Gasteiger partial charge in [-0.05, 0) is 66.5 Å². The third kappa shape index (κ3) is 9.01. The lowest BCUT2D eigenvalue weighted by Crippen LogP contribution is -2.55. The molecular formula is C30H42F3N5O7. The Labute approximate surface area is 260 Å². The Kier molecular flexibility index (Phi) is 10.7. The first-order chi connectivity index (χ1) is 20.7. The summed E-state index contributed by atoms with van der Waals surface area (Å²) in [7, 11) is 0. The van der Waals surface area contributed by atoms with Crippen LogP contribution in [0.1, 0.15) is 83.7 Å². The third-order valence-corrected chi connectivity index (χ3v) is 7.22. The van der Waals surface area contributed by atoms with Crippen molar-refractivity contribution in [1.82, 2.24) is 20.9 Å². The van der Waals surface area contributed by atoms with Gasteiger partial charge in [-0.2, -0.15) is 13.2 Å². The van der Waals surface area contributed by atoms with Crippen LogP contribution in [0.5, 0.6) is 5.75 Å². The maximum absolute atomic E-state index is 14.3. The first-order valence-corrected chi connectivity index (χ1v) is 14.9. The number of benzene rings is 1. The van der Waals surface area contributed by atoms with Gasteiger partial charge >= 0.3 is 12.3 Å². The molecule has 0 radical (unpaired) electrons. The molecule has 1 fully saturated rings. The number of anilines is 1. The van der Waals surface area contributed by atoms with Crippen LogP contribution in [-0.4, -0.2) is 84.1 Å². The maximum Gasteiger partial charge on any atom is 0.417 e. The van der Waals surface area contributed by atoms with E-state index in [0.717, 1.165) is 6.07 Å². The van der Waals surface area contributed by atoms with Crippen molar-refractivity contribution >= 4 is 35.4 Å². The fourth-order valence-electron chi connectivity index (χ4n) is 5.07. The second-order valence-corrected chi connectivity index (χ2v) is 12.6. The Morgan fingerprint density at radius 3 is 2.42 bits per heavy atom. The Morgan fingerprint density at radius 1 is 1.16 bits per heavy atom. The van der Waals surface area contributed by atoms with Crippen molar-refractivity contribution in [3.8, 4) is 5.75 Å². The summed E-state index contributed by atoms with van der Waals surface area (Å²) in [6.45, 7) is 11.3. The number of hydrogen-bond donors (Lipinski definition) is 3. The molecule has 0 saturated carbocycles. The summed E-state index contributed by atoms with van der Waals surface area (Å²) < 4.78 is 53.6. The molecule has 0 aliphatic carbocycles. The van der Waals surface area contributed by atoms with Crippen LogP contribution in [0.3, 0.4) is 0 Å². The number of likely N-dealkylation sites (tertiary alicyclic amines) is 1. The van der Waals surface area contributed by atoms with E-state index in [0.29, 0.717) is 25.5 Å². The fraction of sp³-hybridized carbons (Fsp3) is 0.633. The van der Waals surface area contributed by atoms with E-state index in [-0.39, 0.29) is 43.4 Å². The average Bonchev–Trinajstić information content (AvgIpc) is 2.92. The minimum Gasteiger partial charge on any atom is -0.476 e. The number of ether oxygens (including phenoxy) is 2. The Morgan fingerprint density at radius 2 is 1.82 bits per heavy atom. The molecule has 2 aliphatic rings. The minimum absolute atomic E-state index is 0.0102. The summed E-state index contributed by atoms with van der Waals surface area (Å²) >= 11 is 0. The summed E-state index contributed by atoms with van der Waals surface area (Å²) in [4.78, 5) is 66.1. The van der Waals surface area contributed by atoms with Gasteiger partial charge in [0.1, 0.15) is 17.4 Å². The van der Waals surface area contributed by atoms with Gasteiger partial charge in [-0.15, -0.1) is 0 Å². The summed E-state index contributed by atoms with van der Waals surface area (Å²) in [5, 5.41) is 7.72. The highest BCUT2D eigenvalue weighted by atomic mass is 19.4. The Bertz CT molecular complexity index is 1330. The molecule has 1 aromatic rings. The van der Waals surface area contributed by atoms with Crippen molar-refractivity contribution in [2.24, 2.45) is 0 Å². The van der Waals surface area contributed by atoms with Crippen molar-refractivity contribution in [2.75, 3.05) is 31.1 Å². The molecule has 2 heterocycles. The molecule has 5 amide bonds. The predicted octanol–water partition coefficient (Wildman–Crippen LogP) is 3.37. The van der Waals surface area contributed by atoms with Crippen LogP contribution in [0.15, 0.2) is 12.1 Å². The molecule has 3 rings (SSSR count). The number of alkyl carbamates (subject to hydrolysis) is 1. The highest BCUT2D eigenvalue weighted by molar-refractivity contribution is 6.05. The van der Waals surface area contributed by atoms with E-state index in [1.807, 2.05) is 0 Å². The fourth-order valence-corrected chi connectivity index (χ4v) is 5.07. The van der Waals surface area contributed by atoms with Crippen LogP contribution in [0.4, 0.5) is 23.7 Å². The van der Waals surface area contributed by atoms with Crippen molar-refractivity contribution in [1.29, 1.82) is 0 Å². The van der Waals surface area contributed by atoms with E-state index < -0.39 is 64.4 Å².